The van der Waals surface area contributed by atoms with E-state index in [1.54, 1.807) is 11.3 Å². The second-order valence-electron chi connectivity index (χ2n) is 3.57. The molecule has 0 aliphatic rings. The Labute approximate surface area is 119 Å². The summed E-state index contributed by atoms with van der Waals surface area (Å²) < 4.78 is 1.18. The van der Waals surface area contributed by atoms with E-state index in [9.17, 15) is 0 Å². The lowest BCUT2D eigenvalue weighted by Gasteiger charge is -2.03. The number of benzene rings is 1. The molecule has 0 spiro atoms. The van der Waals surface area contributed by atoms with Crippen LogP contribution in [0.1, 0.15) is 4.88 Å². The SMILES string of the molecule is Brc1csc(CNCCSc2ccccc2)c1. The highest BCUT2D eigenvalue weighted by atomic mass is 79.9. The van der Waals surface area contributed by atoms with Gasteiger partial charge in [0.1, 0.15) is 0 Å². The minimum absolute atomic E-state index is 0.964. The third-order valence-corrected chi connectivity index (χ3v) is 4.92. The summed E-state index contributed by atoms with van der Waals surface area (Å²) in [6, 6.07) is 12.7. The van der Waals surface area contributed by atoms with Gasteiger partial charge in [-0.15, -0.1) is 23.1 Å². The Hall–Kier alpha value is -0.290. The summed E-state index contributed by atoms with van der Waals surface area (Å²) in [5.74, 6) is 1.11. The average molecular weight is 328 g/mol. The first kappa shape index (κ1) is 13.1. The molecule has 0 saturated carbocycles. The molecule has 1 N–H and O–H groups in total. The van der Waals surface area contributed by atoms with E-state index < -0.39 is 0 Å². The van der Waals surface area contributed by atoms with E-state index in [0.717, 1.165) is 18.8 Å². The summed E-state index contributed by atoms with van der Waals surface area (Å²) >= 11 is 7.14. The lowest BCUT2D eigenvalue weighted by Crippen LogP contribution is -2.15. The van der Waals surface area contributed by atoms with Crippen LogP contribution >= 0.6 is 39.0 Å². The molecule has 1 nitrogen and oxygen atoms in total. The Kier molecular flexibility index (Phi) is 5.58. The van der Waals surface area contributed by atoms with E-state index in [2.05, 4.69) is 63.0 Å². The fourth-order valence-electron chi connectivity index (χ4n) is 1.42. The minimum atomic E-state index is 0.964. The van der Waals surface area contributed by atoms with Crippen LogP contribution in [0.3, 0.4) is 0 Å². The second kappa shape index (κ2) is 7.21. The van der Waals surface area contributed by atoms with Crippen LogP contribution < -0.4 is 5.32 Å². The summed E-state index contributed by atoms with van der Waals surface area (Å²) in [7, 11) is 0. The van der Waals surface area contributed by atoms with Gasteiger partial charge in [0.25, 0.3) is 0 Å². The quantitative estimate of drug-likeness (QED) is 0.623. The number of hydrogen-bond acceptors (Lipinski definition) is 3. The van der Waals surface area contributed by atoms with Gasteiger partial charge in [-0.05, 0) is 34.1 Å². The van der Waals surface area contributed by atoms with Crippen LogP contribution in [-0.4, -0.2) is 12.3 Å². The molecule has 2 rings (SSSR count). The highest BCUT2D eigenvalue weighted by Gasteiger charge is 1.97. The highest BCUT2D eigenvalue weighted by Crippen LogP contribution is 2.19. The van der Waals surface area contributed by atoms with Gasteiger partial charge in [-0.3, -0.25) is 0 Å². The zero-order valence-corrected chi connectivity index (χ0v) is 12.6. The predicted octanol–water partition coefficient (Wildman–Crippen LogP) is 4.39. The van der Waals surface area contributed by atoms with Crippen molar-refractivity contribution in [1.29, 1.82) is 0 Å². The monoisotopic (exact) mass is 327 g/mol. The third kappa shape index (κ3) is 4.84. The maximum atomic E-state index is 3.46. The van der Waals surface area contributed by atoms with Crippen LogP contribution in [0.25, 0.3) is 0 Å². The molecule has 0 aliphatic heterocycles. The largest absolute Gasteiger partial charge is 0.311 e. The zero-order chi connectivity index (χ0) is 11.9. The van der Waals surface area contributed by atoms with E-state index in [-0.39, 0.29) is 0 Å². The molecule has 0 aliphatic carbocycles. The second-order valence-corrected chi connectivity index (χ2v) is 6.65. The van der Waals surface area contributed by atoms with Crippen molar-refractivity contribution in [1.82, 2.24) is 5.32 Å². The summed E-state index contributed by atoms with van der Waals surface area (Å²) in [5, 5.41) is 5.57. The number of halogens is 1. The normalized spacial score (nSPS) is 10.6. The van der Waals surface area contributed by atoms with E-state index in [1.807, 2.05) is 11.8 Å². The van der Waals surface area contributed by atoms with Crippen molar-refractivity contribution in [2.24, 2.45) is 0 Å². The van der Waals surface area contributed by atoms with Crippen LogP contribution in [0, 0.1) is 0 Å². The van der Waals surface area contributed by atoms with Crippen molar-refractivity contribution < 1.29 is 0 Å². The van der Waals surface area contributed by atoms with Crippen LogP contribution in [0.2, 0.25) is 0 Å². The number of nitrogens with one attached hydrogen (secondary N) is 1. The Morgan fingerprint density at radius 2 is 2.06 bits per heavy atom. The molecule has 90 valence electrons. The number of hydrogen-bond donors (Lipinski definition) is 1. The maximum Gasteiger partial charge on any atom is 0.0300 e. The topological polar surface area (TPSA) is 12.0 Å². The fourth-order valence-corrected chi connectivity index (χ4v) is 3.67. The Morgan fingerprint density at radius 1 is 1.24 bits per heavy atom. The van der Waals surface area contributed by atoms with E-state index in [1.165, 1.54) is 14.2 Å². The van der Waals surface area contributed by atoms with Crippen molar-refractivity contribution in [2.75, 3.05) is 12.3 Å². The maximum absolute atomic E-state index is 3.46. The molecule has 1 aromatic heterocycles. The average Bonchev–Trinajstić information content (AvgIpc) is 2.76. The van der Waals surface area contributed by atoms with Crippen LogP contribution in [0.5, 0.6) is 0 Å². The molecule has 0 saturated heterocycles. The van der Waals surface area contributed by atoms with Gasteiger partial charge in [0.2, 0.25) is 0 Å². The predicted molar refractivity (Wildman–Crippen MR) is 80.9 cm³/mol. The smallest absolute Gasteiger partial charge is 0.0300 e. The van der Waals surface area contributed by atoms with Crippen LogP contribution in [-0.2, 0) is 6.54 Å². The van der Waals surface area contributed by atoms with Gasteiger partial charge in [-0.1, -0.05) is 18.2 Å². The molecular formula is C13H14BrNS2. The van der Waals surface area contributed by atoms with Gasteiger partial charge >= 0.3 is 0 Å². The molecule has 0 unspecified atom stereocenters. The standard InChI is InChI=1S/C13H14BrNS2/c14-11-8-13(17-10-11)9-15-6-7-16-12-4-2-1-3-5-12/h1-5,8,10,15H,6-7,9H2. The molecule has 0 radical (unpaired) electrons. The summed E-state index contributed by atoms with van der Waals surface area (Å²) in [6.07, 6.45) is 0. The molecule has 2 aromatic rings. The van der Waals surface area contributed by atoms with E-state index in [4.69, 9.17) is 0 Å². The summed E-state index contributed by atoms with van der Waals surface area (Å²) in [6.45, 7) is 2.00. The number of rotatable bonds is 6. The molecule has 17 heavy (non-hydrogen) atoms. The van der Waals surface area contributed by atoms with Crippen molar-refractivity contribution >= 4 is 39.0 Å². The fraction of sp³-hybridized carbons (Fsp3) is 0.231. The Balaban J connectivity index is 1.61. The first-order chi connectivity index (χ1) is 8.34. The molecular weight excluding hydrogens is 314 g/mol. The molecule has 0 amide bonds. The van der Waals surface area contributed by atoms with E-state index in [0.29, 0.717) is 0 Å². The first-order valence-electron chi connectivity index (χ1n) is 5.46. The van der Waals surface area contributed by atoms with Gasteiger partial charge in [0, 0.05) is 38.5 Å². The number of thiophene rings is 1. The van der Waals surface area contributed by atoms with Crippen molar-refractivity contribution in [3.05, 3.63) is 51.1 Å². The molecule has 0 bridgehead atoms. The minimum Gasteiger partial charge on any atom is -0.311 e. The van der Waals surface area contributed by atoms with Gasteiger partial charge in [-0.25, -0.2) is 0 Å². The molecule has 0 fully saturated rings. The van der Waals surface area contributed by atoms with Crippen LogP contribution in [0.15, 0.2) is 51.1 Å². The van der Waals surface area contributed by atoms with E-state index >= 15 is 0 Å². The van der Waals surface area contributed by atoms with Crippen molar-refractivity contribution in [2.45, 2.75) is 11.4 Å². The van der Waals surface area contributed by atoms with Crippen molar-refractivity contribution in [3.8, 4) is 0 Å². The Morgan fingerprint density at radius 3 is 2.76 bits per heavy atom. The highest BCUT2D eigenvalue weighted by molar-refractivity contribution is 9.10. The lowest BCUT2D eigenvalue weighted by molar-refractivity contribution is 0.741. The number of thioether (sulfide) groups is 1. The zero-order valence-electron chi connectivity index (χ0n) is 9.36. The Bertz CT molecular complexity index is 442. The molecule has 0 atom stereocenters. The first-order valence-corrected chi connectivity index (χ1v) is 8.12. The molecule has 1 heterocycles. The van der Waals surface area contributed by atoms with Gasteiger partial charge in [-0.2, -0.15) is 0 Å². The van der Waals surface area contributed by atoms with Gasteiger partial charge in [0.05, 0.1) is 0 Å². The lowest BCUT2D eigenvalue weighted by atomic mass is 10.4. The molecule has 1 aromatic carbocycles. The summed E-state index contributed by atoms with van der Waals surface area (Å²) in [5.41, 5.74) is 0. The molecule has 4 heteroatoms. The van der Waals surface area contributed by atoms with Crippen LogP contribution in [0.4, 0.5) is 0 Å². The third-order valence-electron chi connectivity index (χ3n) is 2.21. The summed E-state index contributed by atoms with van der Waals surface area (Å²) in [4.78, 5) is 2.72. The van der Waals surface area contributed by atoms with Gasteiger partial charge in [0.15, 0.2) is 0 Å². The van der Waals surface area contributed by atoms with Crippen molar-refractivity contribution in [3.63, 3.8) is 0 Å². The van der Waals surface area contributed by atoms with Gasteiger partial charge < -0.3 is 5.32 Å².